The van der Waals surface area contributed by atoms with E-state index in [0.717, 1.165) is 16.7 Å². The zero-order valence-electron chi connectivity index (χ0n) is 15.6. The molecule has 5 nitrogen and oxygen atoms in total. The molecule has 1 aromatic heterocycles. The summed E-state index contributed by atoms with van der Waals surface area (Å²) in [6, 6.07) is 13.8. The molecule has 0 radical (unpaired) electrons. The van der Waals surface area contributed by atoms with Gasteiger partial charge >= 0.3 is 0 Å². The van der Waals surface area contributed by atoms with Gasteiger partial charge in [-0.25, -0.2) is 0 Å². The van der Waals surface area contributed by atoms with Crippen molar-refractivity contribution in [2.24, 2.45) is 0 Å². The van der Waals surface area contributed by atoms with Crippen LogP contribution < -0.4 is 0 Å². The first-order valence-corrected chi connectivity index (χ1v) is 8.73. The van der Waals surface area contributed by atoms with Gasteiger partial charge in [0.1, 0.15) is 6.54 Å². The Labute approximate surface area is 153 Å². The number of hydrogen-bond donors (Lipinski definition) is 0. The number of amides is 1. The highest BCUT2D eigenvalue weighted by molar-refractivity contribution is 5.94. The molecule has 5 heteroatoms. The number of rotatable bonds is 5. The Morgan fingerprint density at radius 2 is 1.65 bits per heavy atom. The third kappa shape index (κ3) is 3.99. The van der Waals surface area contributed by atoms with Crippen molar-refractivity contribution in [3.05, 3.63) is 70.6 Å². The Hall–Kier alpha value is -2.95. The molecular weight excluding hydrogens is 326 g/mol. The van der Waals surface area contributed by atoms with Crippen LogP contribution in [0, 0.1) is 20.8 Å². The largest absolute Gasteiger partial charge is 0.337 e. The fourth-order valence-electron chi connectivity index (χ4n) is 2.91. The molecule has 0 bridgehead atoms. The lowest BCUT2D eigenvalue weighted by Crippen LogP contribution is -2.30. The summed E-state index contributed by atoms with van der Waals surface area (Å²) in [5.74, 6) is 0.935. The normalized spacial score (nSPS) is 10.8. The Balaban J connectivity index is 1.78. The number of carbonyl (C=O) groups is 1. The quantitative estimate of drug-likeness (QED) is 0.688. The summed E-state index contributed by atoms with van der Waals surface area (Å²) in [5, 5.41) is 4.04. The second kappa shape index (κ2) is 7.52. The van der Waals surface area contributed by atoms with Crippen molar-refractivity contribution >= 4 is 5.91 Å². The molecule has 0 N–H and O–H groups in total. The first-order chi connectivity index (χ1) is 12.5. The summed E-state index contributed by atoms with van der Waals surface area (Å²) in [7, 11) is 0. The maximum Gasteiger partial charge on any atom is 0.254 e. The zero-order valence-corrected chi connectivity index (χ0v) is 15.6. The zero-order chi connectivity index (χ0) is 18.7. The van der Waals surface area contributed by atoms with Gasteiger partial charge in [-0.05, 0) is 39.8 Å². The van der Waals surface area contributed by atoms with E-state index in [4.69, 9.17) is 4.52 Å². The standard InChI is InChI=1S/C21H23N3O2/c1-5-24(21(25)18-11-15(3)10-16(4)12-18)13-19-22-20(23-26-19)17-8-6-14(2)7-9-17/h6-12H,5,13H2,1-4H3. The molecule has 134 valence electrons. The van der Waals surface area contributed by atoms with Crippen molar-refractivity contribution in [1.29, 1.82) is 0 Å². The van der Waals surface area contributed by atoms with Crippen LogP contribution in [0.15, 0.2) is 47.0 Å². The third-order valence-electron chi connectivity index (χ3n) is 4.24. The van der Waals surface area contributed by atoms with E-state index >= 15 is 0 Å². The molecular formula is C21H23N3O2. The van der Waals surface area contributed by atoms with E-state index in [-0.39, 0.29) is 5.91 Å². The van der Waals surface area contributed by atoms with E-state index in [0.29, 0.717) is 30.4 Å². The fourth-order valence-corrected chi connectivity index (χ4v) is 2.91. The van der Waals surface area contributed by atoms with Crippen molar-refractivity contribution in [3.8, 4) is 11.4 Å². The molecule has 3 aromatic rings. The number of benzene rings is 2. The van der Waals surface area contributed by atoms with Gasteiger partial charge in [0.25, 0.3) is 5.91 Å². The molecule has 1 amide bonds. The lowest BCUT2D eigenvalue weighted by molar-refractivity contribution is 0.0734. The van der Waals surface area contributed by atoms with Crippen LogP contribution >= 0.6 is 0 Å². The lowest BCUT2D eigenvalue weighted by atomic mass is 10.1. The van der Waals surface area contributed by atoms with Crippen molar-refractivity contribution in [1.82, 2.24) is 15.0 Å². The Morgan fingerprint density at radius 3 is 2.27 bits per heavy atom. The SMILES string of the molecule is CCN(Cc1nc(-c2ccc(C)cc2)no1)C(=O)c1cc(C)cc(C)c1. The summed E-state index contributed by atoms with van der Waals surface area (Å²) in [6.07, 6.45) is 0. The number of aromatic nitrogens is 2. The Morgan fingerprint density at radius 1 is 1.00 bits per heavy atom. The molecule has 0 saturated heterocycles. The minimum atomic E-state index is -0.0330. The van der Waals surface area contributed by atoms with Gasteiger partial charge in [-0.15, -0.1) is 0 Å². The van der Waals surface area contributed by atoms with Crippen LogP contribution in [-0.4, -0.2) is 27.5 Å². The summed E-state index contributed by atoms with van der Waals surface area (Å²) in [5.41, 5.74) is 4.90. The first-order valence-electron chi connectivity index (χ1n) is 8.73. The van der Waals surface area contributed by atoms with E-state index in [1.165, 1.54) is 5.56 Å². The van der Waals surface area contributed by atoms with Gasteiger partial charge in [-0.2, -0.15) is 4.98 Å². The molecule has 0 aliphatic rings. The maximum atomic E-state index is 12.8. The highest BCUT2D eigenvalue weighted by Crippen LogP contribution is 2.18. The number of hydrogen-bond acceptors (Lipinski definition) is 4. The summed E-state index contributed by atoms with van der Waals surface area (Å²) < 4.78 is 5.36. The van der Waals surface area contributed by atoms with Gasteiger partial charge in [-0.3, -0.25) is 4.79 Å². The van der Waals surface area contributed by atoms with Gasteiger partial charge in [-0.1, -0.05) is 52.2 Å². The van der Waals surface area contributed by atoms with Crippen LogP contribution in [0.25, 0.3) is 11.4 Å². The van der Waals surface area contributed by atoms with Crippen molar-refractivity contribution < 1.29 is 9.32 Å². The molecule has 0 unspecified atom stereocenters. The average molecular weight is 349 g/mol. The molecule has 0 aliphatic carbocycles. The van der Waals surface area contributed by atoms with E-state index in [1.807, 2.05) is 64.1 Å². The topological polar surface area (TPSA) is 59.2 Å². The van der Waals surface area contributed by atoms with Crippen LogP contribution in [-0.2, 0) is 6.54 Å². The van der Waals surface area contributed by atoms with Gasteiger partial charge in [0.05, 0.1) is 0 Å². The first kappa shape index (κ1) is 17.9. The van der Waals surface area contributed by atoms with Crippen molar-refractivity contribution in [3.63, 3.8) is 0 Å². The van der Waals surface area contributed by atoms with Gasteiger partial charge in [0, 0.05) is 17.7 Å². The lowest BCUT2D eigenvalue weighted by Gasteiger charge is -2.19. The molecule has 2 aromatic carbocycles. The van der Waals surface area contributed by atoms with Crippen LogP contribution in [0.4, 0.5) is 0 Å². The second-order valence-corrected chi connectivity index (χ2v) is 6.57. The van der Waals surface area contributed by atoms with Crippen LogP contribution in [0.5, 0.6) is 0 Å². The third-order valence-corrected chi connectivity index (χ3v) is 4.24. The van der Waals surface area contributed by atoms with E-state index in [2.05, 4.69) is 16.2 Å². The summed E-state index contributed by atoms with van der Waals surface area (Å²) >= 11 is 0. The van der Waals surface area contributed by atoms with Gasteiger partial charge < -0.3 is 9.42 Å². The molecule has 0 aliphatic heterocycles. The molecule has 1 heterocycles. The van der Waals surface area contributed by atoms with E-state index in [9.17, 15) is 4.79 Å². The summed E-state index contributed by atoms with van der Waals surface area (Å²) in [6.45, 7) is 8.81. The monoisotopic (exact) mass is 349 g/mol. The maximum absolute atomic E-state index is 12.8. The highest BCUT2D eigenvalue weighted by atomic mass is 16.5. The number of carbonyl (C=O) groups excluding carboxylic acids is 1. The Bertz CT molecular complexity index is 893. The predicted octanol–water partition coefficient (Wildman–Crippen LogP) is 4.32. The minimum Gasteiger partial charge on any atom is -0.337 e. The molecule has 0 fully saturated rings. The average Bonchev–Trinajstić information content (AvgIpc) is 3.07. The number of nitrogens with zero attached hydrogens (tertiary/aromatic N) is 3. The minimum absolute atomic E-state index is 0.0330. The van der Waals surface area contributed by atoms with E-state index < -0.39 is 0 Å². The Kier molecular flexibility index (Phi) is 5.16. The predicted molar refractivity (Wildman–Crippen MR) is 101 cm³/mol. The number of aryl methyl sites for hydroxylation is 3. The highest BCUT2D eigenvalue weighted by Gasteiger charge is 2.18. The molecule has 0 spiro atoms. The van der Waals surface area contributed by atoms with Crippen LogP contribution in [0.3, 0.4) is 0 Å². The van der Waals surface area contributed by atoms with Gasteiger partial charge in [0.15, 0.2) is 0 Å². The molecule has 0 saturated carbocycles. The van der Waals surface area contributed by atoms with Crippen molar-refractivity contribution in [2.75, 3.05) is 6.54 Å². The summed E-state index contributed by atoms with van der Waals surface area (Å²) in [4.78, 5) is 19.0. The van der Waals surface area contributed by atoms with E-state index in [1.54, 1.807) is 4.90 Å². The van der Waals surface area contributed by atoms with Crippen LogP contribution in [0.1, 0.15) is 39.9 Å². The van der Waals surface area contributed by atoms with Crippen molar-refractivity contribution in [2.45, 2.75) is 34.2 Å². The molecule has 3 rings (SSSR count). The smallest absolute Gasteiger partial charge is 0.254 e. The molecule has 26 heavy (non-hydrogen) atoms. The fraction of sp³-hybridized carbons (Fsp3) is 0.286. The van der Waals surface area contributed by atoms with Gasteiger partial charge in [0.2, 0.25) is 11.7 Å². The van der Waals surface area contributed by atoms with Crippen LogP contribution in [0.2, 0.25) is 0 Å². The molecule has 0 atom stereocenters. The second-order valence-electron chi connectivity index (χ2n) is 6.57.